The van der Waals surface area contributed by atoms with E-state index in [9.17, 15) is 5.11 Å². The van der Waals surface area contributed by atoms with Crippen LogP contribution in [-0.4, -0.2) is 14.9 Å². The van der Waals surface area contributed by atoms with E-state index in [1.165, 1.54) is 0 Å². The molecule has 0 bridgehead atoms. The molecule has 3 nitrogen and oxygen atoms in total. The minimum Gasteiger partial charge on any atom is -0.493 e. The number of unbranched alkanes of at least 4 members (excludes halogenated alkanes) is 1. The number of hydrogen-bond acceptors (Lipinski definition) is 2. The van der Waals surface area contributed by atoms with Gasteiger partial charge in [-0.3, -0.25) is 0 Å². The normalized spacial score (nSPS) is 10.9. The highest BCUT2D eigenvalue weighted by molar-refractivity contribution is 5.45. The van der Waals surface area contributed by atoms with Crippen molar-refractivity contribution in [1.82, 2.24) is 9.78 Å². The molecule has 0 atom stereocenters. The molecule has 0 unspecified atom stereocenters. The number of aromatic hydroxyl groups is 1. The molecule has 102 valence electrons. The molecule has 1 aromatic heterocycles. The van der Waals surface area contributed by atoms with Crippen LogP contribution < -0.4 is 0 Å². The van der Waals surface area contributed by atoms with Crippen molar-refractivity contribution in [1.29, 1.82) is 0 Å². The van der Waals surface area contributed by atoms with Gasteiger partial charge in [-0.1, -0.05) is 38.5 Å². The Morgan fingerprint density at radius 3 is 2.58 bits per heavy atom. The number of rotatable bonds is 5. The van der Waals surface area contributed by atoms with Gasteiger partial charge in [-0.2, -0.15) is 5.10 Å². The van der Waals surface area contributed by atoms with E-state index in [1.54, 1.807) is 4.68 Å². The molecule has 0 fully saturated rings. The van der Waals surface area contributed by atoms with Crippen molar-refractivity contribution in [2.24, 2.45) is 0 Å². The summed E-state index contributed by atoms with van der Waals surface area (Å²) in [5.74, 6) is 0.294. The molecule has 0 aliphatic rings. The lowest BCUT2D eigenvalue weighted by molar-refractivity contribution is 0.428. The Hall–Kier alpha value is -1.77. The average molecular weight is 258 g/mol. The number of aromatic nitrogens is 2. The Balaban J connectivity index is 2.47. The van der Waals surface area contributed by atoms with Crippen molar-refractivity contribution in [2.45, 2.75) is 46.5 Å². The van der Waals surface area contributed by atoms with E-state index in [0.717, 1.165) is 48.2 Å². The first-order chi connectivity index (χ1) is 9.19. The van der Waals surface area contributed by atoms with Crippen LogP contribution in [0, 0.1) is 6.92 Å². The Bertz CT molecular complexity index is 558. The Morgan fingerprint density at radius 2 is 1.95 bits per heavy atom. The SMILES string of the molecule is CCCCc1nn(-c2ccccc2C)c(O)c1CC. The second-order valence-electron chi connectivity index (χ2n) is 4.90. The molecule has 0 amide bonds. The molecule has 1 heterocycles. The lowest BCUT2D eigenvalue weighted by Crippen LogP contribution is -1.99. The smallest absolute Gasteiger partial charge is 0.217 e. The number of aryl methyl sites for hydroxylation is 2. The molecule has 3 heteroatoms. The quantitative estimate of drug-likeness (QED) is 0.886. The maximum Gasteiger partial charge on any atom is 0.217 e. The number of benzene rings is 1. The first kappa shape index (κ1) is 13.7. The van der Waals surface area contributed by atoms with Crippen molar-refractivity contribution >= 4 is 0 Å². The minimum atomic E-state index is 0.294. The summed E-state index contributed by atoms with van der Waals surface area (Å²) in [5, 5.41) is 15.0. The van der Waals surface area contributed by atoms with Crippen LogP contribution in [0.25, 0.3) is 5.69 Å². The van der Waals surface area contributed by atoms with Crippen LogP contribution in [0.5, 0.6) is 5.88 Å². The topological polar surface area (TPSA) is 38.0 Å². The fraction of sp³-hybridized carbons (Fsp3) is 0.438. The van der Waals surface area contributed by atoms with Crippen molar-refractivity contribution in [3.05, 3.63) is 41.1 Å². The van der Waals surface area contributed by atoms with E-state index >= 15 is 0 Å². The third kappa shape index (κ3) is 2.65. The largest absolute Gasteiger partial charge is 0.493 e. The summed E-state index contributed by atoms with van der Waals surface area (Å²) in [6, 6.07) is 8.00. The highest BCUT2D eigenvalue weighted by atomic mass is 16.3. The zero-order valence-electron chi connectivity index (χ0n) is 12.0. The molecular weight excluding hydrogens is 236 g/mol. The first-order valence-electron chi connectivity index (χ1n) is 7.04. The Morgan fingerprint density at radius 1 is 1.21 bits per heavy atom. The highest BCUT2D eigenvalue weighted by Gasteiger charge is 2.17. The predicted octanol–water partition coefficient (Wildman–Crippen LogP) is 3.79. The highest BCUT2D eigenvalue weighted by Crippen LogP contribution is 2.27. The lowest BCUT2D eigenvalue weighted by Gasteiger charge is -2.06. The summed E-state index contributed by atoms with van der Waals surface area (Å²) in [4.78, 5) is 0. The van der Waals surface area contributed by atoms with Gasteiger partial charge in [-0.15, -0.1) is 0 Å². The zero-order valence-corrected chi connectivity index (χ0v) is 12.0. The van der Waals surface area contributed by atoms with Gasteiger partial charge in [-0.05, 0) is 37.8 Å². The molecule has 19 heavy (non-hydrogen) atoms. The molecule has 2 aromatic rings. The maximum absolute atomic E-state index is 10.4. The van der Waals surface area contributed by atoms with Gasteiger partial charge >= 0.3 is 0 Å². The van der Waals surface area contributed by atoms with Gasteiger partial charge in [0.2, 0.25) is 5.88 Å². The number of para-hydroxylation sites is 1. The van der Waals surface area contributed by atoms with Crippen LogP contribution in [0.2, 0.25) is 0 Å². The standard InChI is InChI=1S/C16H22N2O/c1-4-6-10-14-13(5-2)16(19)18(17-14)15-11-8-7-9-12(15)3/h7-9,11,19H,4-6,10H2,1-3H3. The van der Waals surface area contributed by atoms with Gasteiger partial charge in [0.25, 0.3) is 0 Å². The molecule has 1 N–H and O–H groups in total. The van der Waals surface area contributed by atoms with Crippen molar-refractivity contribution < 1.29 is 5.11 Å². The minimum absolute atomic E-state index is 0.294. The van der Waals surface area contributed by atoms with Gasteiger partial charge in [0.1, 0.15) is 0 Å². The summed E-state index contributed by atoms with van der Waals surface area (Å²) < 4.78 is 1.68. The number of hydrogen-bond donors (Lipinski definition) is 1. The maximum atomic E-state index is 10.4. The molecule has 0 saturated carbocycles. The van der Waals surface area contributed by atoms with Gasteiger partial charge in [0.05, 0.1) is 11.4 Å². The van der Waals surface area contributed by atoms with Crippen LogP contribution in [0.15, 0.2) is 24.3 Å². The number of nitrogens with zero attached hydrogens (tertiary/aromatic N) is 2. The van der Waals surface area contributed by atoms with E-state index < -0.39 is 0 Å². The van der Waals surface area contributed by atoms with Crippen LogP contribution in [0.1, 0.15) is 43.5 Å². The fourth-order valence-corrected chi connectivity index (χ4v) is 2.36. The van der Waals surface area contributed by atoms with E-state index in [-0.39, 0.29) is 0 Å². The van der Waals surface area contributed by atoms with Crippen molar-refractivity contribution in [2.75, 3.05) is 0 Å². The van der Waals surface area contributed by atoms with Crippen LogP contribution in [0.4, 0.5) is 0 Å². The monoisotopic (exact) mass is 258 g/mol. The summed E-state index contributed by atoms with van der Waals surface area (Å²) >= 11 is 0. The predicted molar refractivity (Wildman–Crippen MR) is 78.0 cm³/mol. The second kappa shape index (κ2) is 5.91. The molecule has 0 aliphatic carbocycles. The van der Waals surface area contributed by atoms with Crippen LogP contribution in [0.3, 0.4) is 0 Å². The van der Waals surface area contributed by atoms with Gasteiger partial charge < -0.3 is 5.11 Å². The Labute approximate surface area is 114 Å². The molecular formula is C16H22N2O. The fourth-order valence-electron chi connectivity index (χ4n) is 2.36. The molecule has 1 aromatic carbocycles. The van der Waals surface area contributed by atoms with E-state index in [4.69, 9.17) is 0 Å². The van der Waals surface area contributed by atoms with E-state index in [0.29, 0.717) is 5.88 Å². The van der Waals surface area contributed by atoms with E-state index in [1.807, 2.05) is 31.2 Å². The second-order valence-corrected chi connectivity index (χ2v) is 4.90. The van der Waals surface area contributed by atoms with Crippen molar-refractivity contribution in [3.63, 3.8) is 0 Å². The summed E-state index contributed by atoms with van der Waals surface area (Å²) in [6.45, 7) is 6.27. The summed E-state index contributed by atoms with van der Waals surface area (Å²) in [5.41, 5.74) is 4.09. The molecule has 0 spiro atoms. The van der Waals surface area contributed by atoms with Crippen LogP contribution >= 0.6 is 0 Å². The zero-order chi connectivity index (χ0) is 13.8. The summed E-state index contributed by atoms with van der Waals surface area (Å²) in [6.07, 6.45) is 4.00. The van der Waals surface area contributed by atoms with E-state index in [2.05, 4.69) is 18.9 Å². The third-order valence-corrected chi connectivity index (χ3v) is 3.50. The molecule has 0 aliphatic heterocycles. The van der Waals surface area contributed by atoms with Gasteiger partial charge in [0, 0.05) is 5.56 Å². The van der Waals surface area contributed by atoms with Gasteiger partial charge in [0.15, 0.2) is 0 Å². The molecule has 2 rings (SSSR count). The first-order valence-corrected chi connectivity index (χ1v) is 7.04. The third-order valence-electron chi connectivity index (χ3n) is 3.50. The molecule has 0 saturated heterocycles. The Kier molecular flexibility index (Phi) is 4.25. The summed E-state index contributed by atoms with van der Waals surface area (Å²) in [7, 11) is 0. The average Bonchev–Trinajstić information content (AvgIpc) is 2.73. The van der Waals surface area contributed by atoms with Crippen molar-refractivity contribution in [3.8, 4) is 11.6 Å². The molecule has 0 radical (unpaired) electrons. The van der Waals surface area contributed by atoms with Gasteiger partial charge in [-0.25, -0.2) is 4.68 Å². The van der Waals surface area contributed by atoms with Crippen LogP contribution in [-0.2, 0) is 12.8 Å². The lowest BCUT2D eigenvalue weighted by atomic mass is 10.1.